The van der Waals surface area contributed by atoms with Crippen molar-refractivity contribution in [1.29, 1.82) is 0 Å². The number of hydrogen-bond acceptors (Lipinski definition) is 1. The van der Waals surface area contributed by atoms with Crippen LogP contribution in [0.15, 0.2) is 12.1 Å². The van der Waals surface area contributed by atoms with E-state index in [4.69, 9.17) is 28.9 Å². The van der Waals surface area contributed by atoms with E-state index in [1.165, 1.54) is 12.1 Å². The van der Waals surface area contributed by atoms with Gasteiger partial charge in [-0.05, 0) is 26.0 Å². The summed E-state index contributed by atoms with van der Waals surface area (Å²) in [6.45, 7) is 3.39. The summed E-state index contributed by atoms with van der Waals surface area (Å²) in [5.41, 5.74) is 5.28. The molecular formula is C9H11Cl3FN. The summed E-state index contributed by atoms with van der Waals surface area (Å²) >= 11 is 11.3. The molecule has 0 fully saturated rings. The number of benzene rings is 1. The van der Waals surface area contributed by atoms with Crippen molar-refractivity contribution in [3.8, 4) is 0 Å². The normalized spacial score (nSPS) is 11.0. The highest BCUT2D eigenvalue weighted by atomic mass is 35.5. The Balaban J connectivity index is 0.00000169. The largest absolute Gasteiger partial charge is 0.322 e. The molecule has 5 heteroatoms. The maximum absolute atomic E-state index is 13.4. The van der Waals surface area contributed by atoms with Gasteiger partial charge in [0.15, 0.2) is 0 Å². The molecule has 1 aromatic rings. The van der Waals surface area contributed by atoms with Crippen molar-refractivity contribution in [2.45, 2.75) is 19.4 Å². The van der Waals surface area contributed by atoms with Crippen LogP contribution in [0.25, 0.3) is 0 Å². The fraction of sp³-hybridized carbons (Fsp3) is 0.333. The van der Waals surface area contributed by atoms with Crippen molar-refractivity contribution in [2.24, 2.45) is 5.73 Å². The van der Waals surface area contributed by atoms with Crippen LogP contribution in [0.3, 0.4) is 0 Å². The topological polar surface area (TPSA) is 26.0 Å². The predicted molar refractivity (Wildman–Crippen MR) is 60.9 cm³/mol. The molecule has 14 heavy (non-hydrogen) atoms. The number of rotatable bonds is 1. The van der Waals surface area contributed by atoms with E-state index in [0.717, 1.165) is 0 Å². The monoisotopic (exact) mass is 257 g/mol. The van der Waals surface area contributed by atoms with Gasteiger partial charge in [0, 0.05) is 16.1 Å². The molecule has 0 aromatic heterocycles. The lowest BCUT2D eigenvalue weighted by Crippen LogP contribution is -2.30. The van der Waals surface area contributed by atoms with Crippen LogP contribution in [0.1, 0.15) is 19.4 Å². The van der Waals surface area contributed by atoms with E-state index < -0.39 is 11.4 Å². The predicted octanol–water partition coefficient (Wildman–Crippen LogP) is 3.75. The van der Waals surface area contributed by atoms with Crippen molar-refractivity contribution in [1.82, 2.24) is 0 Å². The van der Waals surface area contributed by atoms with Gasteiger partial charge < -0.3 is 5.73 Å². The number of halogens is 4. The van der Waals surface area contributed by atoms with Crippen LogP contribution in [0.2, 0.25) is 10.0 Å². The fourth-order valence-electron chi connectivity index (χ4n) is 1.02. The van der Waals surface area contributed by atoms with E-state index in [2.05, 4.69) is 0 Å². The average molecular weight is 259 g/mol. The van der Waals surface area contributed by atoms with Crippen LogP contribution in [0, 0.1) is 5.82 Å². The Labute approximate surface area is 98.8 Å². The molecule has 2 N–H and O–H groups in total. The molecule has 0 unspecified atom stereocenters. The molecule has 0 aliphatic rings. The average Bonchev–Trinajstić information content (AvgIpc) is 1.94. The molecular weight excluding hydrogens is 247 g/mol. The molecule has 0 aliphatic heterocycles. The SMILES string of the molecule is CC(C)(N)c1cc(Cl)cc(Cl)c1F.Cl. The van der Waals surface area contributed by atoms with Gasteiger partial charge in [-0.3, -0.25) is 0 Å². The minimum absolute atomic E-state index is 0. The Morgan fingerprint density at radius 2 is 1.79 bits per heavy atom. The Bertz CT molecular complexity index is 334. The zero-order chi connectivity index (χ0) is 10.2. The quantitative estimate of drug-likeness (QED) is 0.763. The first kappa shape index (κ1) is 14.0. The van der Waals surface area contributed by atoms with Gasteiger partial charge in [-0.15, -0.1) is 12.4 Å². The second-order valence-corrected chi connectivity index (χ2v) is 4.31. The first-order valence-electron chi connectivity index (χ1n) is 3.76. The van der Waals surface area contributed by atoms with Gasteiger partial charge in [0.25, 0.3) is 0 Å². The fourth-order valence-corrected chi connectivity index (χ4v) is 1.52. The van der Waals surface area contributed by atoms with Crippen LogP contribution >= 0.6 is 35.6 Å². The van der Waals surface area contributed by atoms with Crippen molar-refractivity contribution >= 4 is 35.6 Å². The molecule has 0 aliphatic carbocycles. The Kier molecular flexibility index (Phi) is 4.66. The second kappa shape index (κ2) is 4.67. The third kappa shape index (κ3) is 2.99. The summed E-state index contributed by atoms with van der Waals surface area (Å²) in [7, 11) is 0. The van der Waals surface area contributed by atoms with Gasteiger partial charge in [-0.2, -0.15) is 0 Å². The van der Waals surface area contributed by atoms with E-state index in [0.29, 0.717) is 10.6 Å². The smallest absolute Gasteiger partial charge is 0.146 e. The van der Waals surface area contributed by atoms with Gasteiger partial charge in [0.1, 0.15) is 5.82 Å². The lowest BCUT2D eigenvalue weighted by atomic mass is 9.95. The molecule has 0 bridgehead atoms. The lowest BCUT2D eigenvalue weighted by molar-refractivity contribution is 0.502. The summed E-state index contributed by atoms with van der Waals surface area (Å²) in [5, 5.41) is 0.390. The summed E-state index contributed by atoms with van der Waals surface area (Å²) in [6, 6.07) is 2.84. The molecule has 1 aromatic carbocycles. The highest BCUT2D eigenvalue weighted by molar-refractivity contribution is 6.34. The molecule has 0 radical (unpaired) electrons. The number of nitrogens with two attached hydrogens (primary N) is 1. The molecule has 1 nitrogen and oxygen atoms in total. The van der Waals surface area contributed by atoms with Gasteiger partial charge in [-0.1, -0.05) is 23.2 Å². The third-order valence-corrected chi connectivity index (χ3v) is 2.18. The highest BCUT2D eigenvalue weighted by Crippen LogP contribution is 2.29. The zero-order valence-electron chi connectivity index (χ0n) is 7.77. The van der Waals surface area contributed by atoms with Crippen molar-refractivity contribution in [3.63, 3.8) is 0 Å². The standard InChI is InChI=1S/C9H10Cl2FN.ClH/c1-9(2,13)6-3-5(10)4-7(11)8(6)12;/h3-4H,13H2,1-2H3;1H. The van der Waals surface area contributed by atoms with E-state index >= 15 is 0 Å². The van der Waals surface area contributed by atoms with Crippen LogP contribution in [0.5, 0.6) is 0 Å². The molecule has 0 saturated carbocycles. The van der Waals surface area contributed by atoms with Gasteiger partial charge >= 0.3 is 0 Å². The van der Waals surface area contributed by atoms with Crippen LogP contribution in [-0.4, -0.2) is 0 Å². The number of hydrogen-bond donors (Lipinski definition) is 1. The summed E-state index contributed by atoms with van der Waals surface area (Å²) in [5.74, 6) is -0.501. The molecule has 80 valence electrons. The minimum Gasteiger partial charge on any atom is -0.322 e. The van der Waals surface area contributed by atoms with Gasteiger partial charge in [0.05, 0.1) is 5.02 Å². The van der Waals surface area contributed by atoms with Crippen LogP contribution in [0.4, 0.5) is 4.39 Å². The van der Waals surface area contributed by atoms with E-state index in [1.807, 2.05) is 0 Å². The van der Waals surface area contributed by atoms with Crippen LogP contribution in [-0.2, 0) is 5.54 Å². The molecule has 0 atom stereocenters. The summed E-state index contributed by atoms with van der Waals surface area (Å²) in [4.78, 5) is 0. The molecule has 0 spiro atoms. The Morgan fingerprint density at radius 1 is 1.29 bits per heavy atom. The molecule has 0 heterocycles. The third-order valence-electron chi connectivity index (χ3n) is 1.69. The highest BCUT2D eigenvalue weighted by Gasteiger charge is 2.21. The second-order valence-electron chi connectivity index (χ2n) is 3.47. The minimum atomic E-state index is -0.779. The first-order valence-corrected chi connectivity index (χ1v) is 4.52. The van der Waals surface area contributed by atoms with Gasteiger partial charge in [-0.25, -0.2) is 4.39 Å². The lowest BCUT2D eigenvalue weighted by Gasteiger charge is -2.20. The maximum atomic E-state index is 13.4. The van der Waals surface area contributed by atoms with Crippen molar-refractivity contribution in [3.05, 3.63) is 33.6 Å². The first-order chi connectivity index (χ1) is 5.82. The zero-order valence-corrected chi connectivity index (χ0v) is 10.1. The van der Waals surface area contributed by atoms with Crippen molar-refractivity contribution in [2.75, 3.05) is 0 Å². The van der Waals surface area contributed by atoms with Crippen molar-refractivity contribution < 1.29 is 4.39 Å². The maximum Gasteiger partial charge on any atom is 0.146 e. The van der Waals surface area contributed by atoms with E-state index in [9.17, 15) is 4.39 Å². The van der Waals surface area contributed by atoms with Crippen LogP contribution < -0.4 is 5.73 Å². The summed E-state index contributed by atoms with van der Waals surface area (Å²) < 4.78 is 13.4. The Morgan fingerprint density at radius 3 is 2.21 bits per heavy atom. The van der Waals surface area contributed by atoms with E-state index in [-0.39, 0.29) is 17.4 Å². The Hall–Kier alpha value is -0.0200. The van der Waals surface area contributed by atoms with Gasteiger partial charge in [0.2, 0.25) is 0 Å². The van der Waals surface area contributed by atoms with E-state index in [1.54, 1.807) is 13.8 Å². The molecule has 0 saturated heterocycles. The molecule has 1 rings (SSSR count). The summed E-state index contributed by atoms with van der Waals surface area (Å²) in [6.07, 6.45) is 0. The molecule has 0 amide bonds.